The molecule has 0 aliphatic rings. The molecule has 0 saturated heterocycles. The predicted molar refractivity (Wildman–Crippen MR) is 147 cm³/mol. The zero-order valence-electron chi connectivity index (χ0n) is 22.2. The maximum Gasteiger partial charge on any atom is 0.343 e. The highest BCUT2D eigenvalue weighted by Crippen LogP contribution is 2.25. The summed E-state index contributed by atoms with van der Waals surface area (Å²) in [6.45, 7) is 6.84. The normalized spacial score (nSPS) is 11.5. The van der Waals surface area contributed by atoms with Crippen molar-refractivity contribution in [3.05, 3.63) is 83.9 Å². The second kappa shape index (κ2) is 14.8. The minimum Gasteiger partial charge on any atom is -0.494 e. The number of esters is 2. The van der Waals surface area contributed by atoms with Crippen LogP contribution in [-0.2, 0) is 4.74 Å². The first-order valence-corrected chi connectivity index (χ1v) is 13.4. The second-order valence-corrected chi connectivity index (χ2v) is 9.25. The fraction of sp³-hybridized carbons (Fsp3) is 0.375. The van der Waals surface area contributed by atoms with Crippen LogP contribution in [0.4, 0.5) is 0 Å². The second-order valence-electron chi connectivity index (χ2n) is 9.25. The van der Waals surface area contributed by atoms with Crippen LogP contribution < -0.4 is 9.47 Å². The topological polar surface area (TPSA) is 61.8 Å². The molecule has 0 bridgehead atoms. The first-order valence-electron chi connectivity index (χ1n) is 13.4. The molecule has 0 aliphatic carbocycles. The van der Waals surface area contributed by atoms with Gasteiger partial charge in [-0.05, 0) is 67.3 Å². The van der Waals surface area contributed by atoms with Gasteiger partial charge in [0.15, 0.2) is 0 Å². The molecule has 0 aliphatic heterocycles. The third-order valence-electron chi connectivity index (χ3n) is 6.14. The van der Waals surface area contributed by atoms with Crippen molar-refractivity contribution in [2.24, 2.45) is 0 Å². The number of benzene rings is 3. The van der Waals surface area contributed by atoms with Gasteiger partial charge < -0.3 is 14.2 Å². The molecule has 0 aromatic heterocycles. The Morgan fingerprint density at radius 2 is 1.38 bits per heavy atom. The lowest BCUT2D eigenvalue weighted by Gasteiger charge is -2.14. The maximum atomic E-state index is 12.8. The first-order chi connectivity index (χ1) is 18.0. The lowest BCUT2D eigenvalue weighted by Crippen LogP contribution is -2.17. The Labute approximate surface area is 220 Å². The van der Waals surface area contributed by atoms with E-state index in [-0.39, 0.29) is 17.4 Å². The van der Waals surface area contributed by atoms with Gasteiger partial charge in [0, 0.05) is 0 Å². The Balaban J connectivity index is 1.58. The number of carbonyl (C=O) groups is 2. The van der Waals surface area contributed by atoms with E-state index in [4.69, 9.17) is 14.2 Å². The highest BCUT2D eigenvalue weighted by Gasteiger charge is 2.19. The van der Waals surface area contributed by atoms with Gasteiger partial charge in [0.1, 0.15) is 17.1 Å². The summed E-state index contributed by atoms with van der Waals surface area (Å²) in [5.74, 6) is 0.0201. The van der Waals surface area contributed by atoms with E-state index < -0.39 is 11.9 Å². The highest BCUT2D eigenvalue weighted by molar-refractivity contribution is 5.96. The van der Waals surface area contributed by atoms with Crippen molar-refractivity contribution in [1.82, 2.24) is 0 Å². The van der Waals surface area contributed by atoms with E-state index in [0.717, 1.165) is 42.7 Å². The Hall–Kier alpha value is -3.60. The van der Waals surface area contributed by atoms with Crippen molar-refractivity contribution in [1.29, 1.82) is 0 Å². The third kappa shape index (κ3) is 8.78. The quantitative estimate of drug-likeness (QED) is 0.126. The molecule has 0 saturated carbocycles. The monoisotopic (exact) mass is 502 g/mol. The number of ether oxygens (including phenoxy) is 3. The summed E-state index contributed by atoms with van der Waals surface area (Å²) in [5, 5.41) is 0. The highest BCUT2D eigenvalue weighted by atomic mass is 16.6. The van der Waals surface area contributed by atoms with Crippen molar-refractivity contribution in [2.45, 2.75) is 71.8 Å². The fourth-order valence-corrected chi connectivity index (χ4v) is 4.03. The van der Waals surface area contributed by atoms with Crippen molar-refractivity contribution in [3.63, 3.8) is 0 Å². The number of hydrogen-bond donors (Lipinski definition) is 0. The molecule has 0 heterocycles. The molecule has 1 unspecified atom stereocenters. The van der Waals surface area contributed by atoms with Crippen molar-refractivity contribution in [2.75, 3.05) is 6.61 Å². The van der Waals surface area contributed by atoms with Crippen LogP contribution in [0.1, 0.15) is 86.4 Å². The number of carbonyl (C=O) groups excluding carboxylic acids is 2. The van der Waals surface area contributed by atoms with E-state index >= 15 is 0 Å². The Bertz CT molecular complexity index is 1120. The number of unbranched alkanes of at least 4 members (excludes halogenated alkanes) is 4. The SMILES string of the molecule is CCCCCCCOc1ccc(-c2ccc(C(=O)Oc3ccccc3C(=O)OC(C)CCC)cc2)cc1. The molecular weight excluding hydrogens is 464 g/mol. The molecule has 3 aromatic carbocycles. The smallest absolute Gasteiger partial charge is 0.343 e. The zero-order chi connectivity index (χ0) is 26.5. The van der Waals surface area contributed by atoms with Crippen molar-refractivity contribution in [3.8, 4) is 22.6 Å². The zero-order valence-corrected chi connectivity index (χ0v) is 22.2. The van der Waals surface area contributed by atoms with E-state index in [9.17, 15) is 9.59 Å². The van der Waals surface area contributed by atoms with Crippen molar-refractivity contribution >= 4 is 11.9 Å². The fourth-order valence-electron chi connectivity index (χ4n) is 4.03. The molecule has 37 heavy (non-hydrogen) atoms. The average Bonchev–Trinajstić information content (AvgIpc) is 2.91. The Morgan fingerprint density at radius 3 is 2.05 bits per heavy atom. The lowest BCUT2D eigenvalue weighted by atomic mass is 10.0. The van der Waals surface area contributed by atoms with E-state index in [1.807, 2.05) is 50.2 Å². The van der Waals surface area contributed by atoms with Crippen LogP contribution in [-0.4, -0.2) is 24.6 Å². The van der Waals surface area contributed by atoms with Crippen LogP contribution in [0.3, 0.4) is 0 Å². The van der Waals surface area contributed by atoms with Gasteiger partial charge in [-0.3, -0.25) is 0 Å². The average molecular weight is 503 g/mol. The molecule has 5 heteroatoms. The molecule has 0 radical (unpaired) electrons. The van der Waals surface area contributed by atoms with E-state index in [1.165, 1.54) is 25.7 Å². The van der Waals surface area contributed by atoms with Gasteiger partial charge in [-0.2, -0.15) is 0 Å². The predicted octanol–water partition coefficient (Wildman–Crippen LogP) is 8.27. The van der Waals surface area contributed by atoms with Crippen LogP contribution in [0.25, 0.3) is 11.1 Å². The number of para-hydroxylation sites is 1. The molecule has 1 atom stereocenters. The maximum absolute atomic E-state index is 12.8. The van der Waals surface area contributed by atoms with Gasteiger partial charge in [-0.1, -0.05) is 82.3 Å². The van der Waals surface area contributed by atoms with E-state index in [1.54, 1.807) is 36.4 Å². The van der Waals surface area contributed by atoms with Gasteiger partial charge >= 0.3 is 11.9 Å². The molecule has 0 amide bonds. The summed E-state index contributed by atoms with van der Waals surface area (Å²) in [5.41, 5.74) is 2.65. The Morgan fingerprint density at radius 1 is 0.730 bits per heavy atom. The third-order valence-corrected chi connectivity index (χ3v) is 6.14. The summed E-state index contributed by atoms with van der Waals surface area (Å²) in [7, 11) is 0. The standard InChI is InChI=1S/C32H38O5/c1-4-6-7-8-11-23-35-28-21-19-26(20-22-28)25-15-17-27(18-16-25)31(33)37-30-14-10-9-13-29(30)32(34)36-24(3)12-5-2/h9-10,13-22,24H,4-8,11-12,23H2,1-3H3. The van der Waals surface area contributed by atoms with Gasteiger partial charge in [-0.15, -0.1) is 0 Å². The van der Waals surface area contributed by atoms with Gasteiger partial charge in [0.25, 0.3) is 0 Å². The van der Waals surface area contributed by atoms with Crippen LogP contribution >= 0.6 is 0 Å². The van der Waals surface area contributed by atoms with Gasteiger partial charge in [0.2, 0.25) is 0 Å². The summed E-state index contributed by atoms with van der Waals surface area (Å²) in [6, 6.07) is 21.8. The van der Waals surface area contributed by atoms with Gasteiger partial charge in [0.05, 0.1) is 18.3 Å². The van der Waals surface area contributed by atoms with Crippen LogP contribution in [0.15, 0.2) is 72.8 Å². The van der Waals surface area contributed by atoms with Crippen LogP contribution in [0.5, 0.6) is 11.5 Å². The molecular formula is C32H38O5. The first kappa shape index (κ1) is 28.0. The van der Waals surface area contributed by atoms with E-state index in [0.29, 0.717) is 5.56 Å². The number of hydrogen-bond acceptors (Lipinski definition) is 5. The summed E-state index contributed by atoms with van der Waals surface area (Å²) in [6.07, 6.45) is 7.55. The number of rotatable bonds is 14. The molecule has 3 rings (SSSR count). The van der Waals surface area contributed by atoms with E-state index in [2.05, 4.69) is 6.92 Å². The molecule has 0 fully saturated rings. The molecule has 5 nitrogen and oxygen atoms in total. The van der Waals surface area contributed by atoms with Crippen LogP contribution in [0, 0.1) is 0 Å². The minimum absolute atomic E-state index is 0.186. The molecule has 0 spiro atoms. The summed E-state index contributed by atoms with van der Waals surface area (Å²) < 4.78 is 16.9. The van der Waals surface area contributed by atoms with Crippen LogP contribution in [0.2, 0.25) is 0 Å². The minimum atomic E-state index is -0.531. The summed E-state index contributed by atoms with van der Waals surface area (Å²) >= 11 is 0. The molecule has 3 aromatic rings. The lowest BCUT2D eigenvalue weighted by molar-refractivity contribution is 0.0319. The van der Waals surface area contributed by atoms with Crippen molar-refractivity contribution < 1.29 is 23.8 Å². The molecule has 0 N–H and O–H groups in total. The largest absolute Gasteiger partial charge is 0.494 e. The van der Waals surface area contributed by atoms with Gasteiger partial charge in [-0.25, -0.2) is 9.59 Å². The Kier molecular flexibility index (Phi) is 11.2. The molecule has 196 valence electrons. The summed E-state index contributed by atoms with van der Waals surface area (Å²) in [4.78, 5) is 25.4.